The van der Waals surface area contributed by atoms with E-state index in [2.05, 4.69) is 69.4 Å². The third-order valence-electron chi connectivity index (χ3n) is 4.72. The number of hydrogen-bond acceptors (Lipinski definition) is 5. The van der Waals surface area contributed by atoms with Crippen LogP contribution in [0.1, 0.15) is 57.3 Å². The lowest BCUT2D eigenvalue weighted by Crippen LogP contribution is -2.27. The molecule has 2 unspecified atom stereocenters. The predicted octanol–water partition coefficient (Wildman–Crippen LogP) is 4.54. The van der Waals surface area contributed by atoms with Crippen LogP contribution in [0.2, 0.25) is 0 Å². The first kappa shape index (κ1) is 17.5. The molecule has 0 aliphatic heterocycles. The van der Waals surface area contributed by atoms with E-state index in [4.69, 9.17) is 0 Å². The molecule has 5 nitrogen and oxygen atoms in total. The number of aromatic nitrogens is 3. The van der Waals surface area contributed by atoms with E-state index >= 15 is 0 Å². The van der Waals surface area contributed by atoms with Gasteiger partial charge in [-0.15, -0.1) is 0 Å². The van der Waals surface area contributed by atoms with Crippen LogP contribution < -0.4 is 5.32 Å². The maximum atomic E-state index is 4.61. The second-order valence-corrected chi connectivity index (χ2v) is 6.99. The van der Waals surface area contributed by atoms with Crippen molar-refractivity contribution in [3.63, 3.8) is 0 Å². The molecule has 0 bridgehead atoms. The van der Waals surface area contributed by atoms with E-state index in [1.807, 2.05) is 6.92 Å². The van der Waals surface area contributed by atoms with Crippen molar-refractivity contribution in [2.24, 2.45) is 10.9 Å². The van der Waals surface area contributed by atoms with Crippen LogP contribution in [-0.2, 0) is 6.42 Å². The monoisotopic (exact) mass is 337 g/mol. The molecule has 1 fully saturated rings. The smallest absolute Gasteiger partial charge is 0.254 e. The van der Waals surface area contributed by atoms with Crippen LogP contribution in [0.15, 0.2) is 35.3 Å². The molecule has 1 N–H and O–H groups in total. The molecule has 1 aliphatic carbocycles. The Morgan fingerprint density at radius 3 is 2.68 bits per heavy atom. The van der Waals surface area contributed by atoms with Crippen molar-refractivity contribution in [1.82, 2.24) is 15.0 Å². The molecule has 2 aromatic rings. The third kappa shape index (κ3) is 4.62. The van der Waals surface area contributed by atoms with E-state index in [1.54, 1.807) is 6.21 Å². The number of anilines is 1. The summed E-state index contributed by atoms with van der Waals surface area (Å²) in [5.41, 5.74) is 1.40. The fourth-order valence-corrected chi connectivity index (χ4v) is 3.43. The van der Waals surface area contributed by atoms with Gasteiger partial charge in [0.2, 0.25) is 5.95 Å². The Hall–Kier alpha value is -2.30. The molecular formula is C20H27N5. The average Bonchev–Trinajstić information content (AvgIpc) is 3.02. The van der Waals surface area contributed by atoms with Gasteiger partial charge in [-0.2, -0.15) is 15.0 Å². The van der Waals surface area contributed by atoms with Gasteiger partial charge in [0.15, 0.2) is 0 Å². The SMILES string of the molecule is CC=Nc1nc(NC2CCCC2Cc2ccccc2)nc(C(C)C)n1. The Morgan fingerprint density at radius 2 is 1.96 bits per heavy atom. The van der Waals surface area contributed by atoms with Crippen molar-refractivity contribution in [2.45, 2.75) is 58.4 Å². The number of aliphatic imine (C=N–C) groups is 1. The molecule has 0 amide bonds. The first-order valence-corrected chi connectivity index (χ1v) is 9.21. The van der Waals surface area contributed by atoms with Crippen molar-refractivity contribution in [1.29, 1.82) is 0 Å². The van der Waals surface area contributed by atoms with Gasteiger partial charge in [-0.25, -0.2) is 4.99 Å². The van der Waals surface area contributed by atoms with E-state index < -0.39 is 0 Å². The van der Waals surface area contributed by atoms with Gasteiger partial charge in [0, 0.05) is 18.2 Å². The highest BCUT2D eigenvalue weighted by Gasteiger charge is 2.28. The van der Waals surface area contributed by atoms with Gasteiger partial charge >= 0.3 is 0 Å². The minimum atomic E-state index is 0.248. The highest BCUT2D eigenvalue weighted by Crippen LogP contribution is 2.31. The molecule has 1 saturated carbocycles. The molecule has 0 spiro atoms. The van der Waals surface area contributed by atoms with E-state index in [-0.39, 0.29) is 5.92 Å². The maximum absolute atomic E-state index is 4.61. The van der Waals surface area contributed by atoms with Crippen molar-refractivity contribution < 1.29 is 0 Å². The number of nitrogens with one attached hydrogen (secondary N) is 1. The summed E-state index contributed by atoms with van der Waals surface area (Å²) in [5, 5.41) is 3.57. The summed E-state index contributed by atoms with van der Waals surface area (Å²) >= 11 is 0. The van der Waals surface area contributed by atoms with Gasteiger partial charge in [-0.05, 0) is 37.7 Å². The molecule has 132 valence electrons. The van der Waals surface area contributed by atoms with Crippen LogP contribution in [0.5, 0.6) is 0 Å². The van der Waals surface area contributed by atoms with E-state index in [9.17, 15) is 0 Å². The molecule has 1 aromatic heterocycles. The Balaban J connectivity index is 1.76. The van der Waals surface area contributed by atoms with E-state index in [1.165, 1.54) is 18.4 Å². The molecule has 2 atom stereocenters. The lowest BCUT2D eigenvalue weighted by atomic mass is 9.95. The summed E-state index contributed by atoms with van der Waals surface area (Å²) in [5.74, 6) is 2.79. The highest BCUT2D eigenvalue weighted by molar-refractivity contribution is 5.57. The highest BCUT2D eigenvalue weighted by atomic mass is 15.2. The van der Waals surface area contributed by atoms with Crippen molar-refractivity contribution in [3.8, 4) is 0 Å². The van der Waals surface area contributed by atoms with Crippen molar-refractivity contribution in [2.75, 3.05) is 5.32 Å². The van der Waals surface area contributed by atoms with Gasteiger partial charge in [-0.3, -0.25) is 0 Å². The second-order valence-electron chi connectivity index (χ2n) is 6.99. The summed E-state index contributed by atoms with van der Waals surface area (Å²) < 4.78 is 0. The van der Waals surface area contributed by atoms with Crippen LogP contribution in [0.3, 0.4) is 0 Å². The zero-order valence-corrected chi connectivity index (χ0v) is 15.3. The molecule has 0 saturated heterocycles. The average molecular weight is 337 g/mol. The van der Waals surface area contributed by atoms with Crippen LogP contribution in [0.25, 0.3) is 0 Å². The van der Waals surface area contributed by atoms with Crippen LogP contribution in [0.4, 0.5) is 11.9 Å². The Bertz CT molecular complexity index is 711. The van der Waals surface area contributed by atoms with Crippen LogP contribution in [-0.4, -0.2) is 27.2 Å². The number of benzene rings is 1. The molecule has 0 radical (unpaired) electrons. The van der Waals surface area contributed by atoms with Gasteiger partial charge in [-0.1, -0.05) is 50.6 Å². The van der Waals surface area contributed by atoms with Gasteiger partial charge < -0.3 is 5.32 Å². The van der Waals surface area contributed by atoms with E-state index in [0.29, 0.717) is 23.9 Å². The fourth-order valence-electron chi connectivity index (χ4n) is 3.43. The first-order chi connectivity index (χ1) is 12.2. The Labute approximate surface area is 150 Å². The molecule has 5 heteroatoms. The lowest BCUT2D eigenvalue weighted by Gasteiger charge is -2.21. The zero-order valence-electron chi connectivity index (χ0n) is 15.3. The minimum absolute atomic E-state index is 0.248. The Kier molecular flexibility index (Phi) is 5.74. The first-order valence-electron chi connectivity index (χ1n) is 9.21. The summed E-state index contributed by atoms with van der Waals surface area (Å²) in [6.45, 7) is 6.05. The van der Waals surface area contributed by atoms with Crippen LogP contribution >= 0.6 is 0 Å². The summed E-state index contributed by atoms with van der Waals surface area (Å²) in [7, 11) is 0. The zero-order chi connectivity index (χ0) is 17.6. The molecule has 1 aliphatic rings. The number of rotatable bonds is 6. The number of hydrogen-bond donors (Lipinski definition) is 1. The quantitative estimate of drug-likeness (QED) is 0.786. The Morgan fingerprint density at radius 1 is 1.16 bits per heavy atom. The fraction of sp³-hybridized carbons (Fsp3) is 0.500. The van der Waals surface area contributed by atoms with E-state index in [0.717, 1.165) is 18.7 Å². The topological polar surface area (TPSA) is 63.1 Å². The molecule has 25 heavy (non-hydrogen) atoms. The molecule has 3 rings (SSSR count). The standard InChI is InChI=1S/C20H27N5/c1-4-21-19-23-18(14(2)3)24-20(25-19)22-17-12-8-11-16(17)13-15-9-6-5-7-10-15/h4-7,9-10,14,16-17H,8,11-13H2,1-3H3,(H,22,23,24,25). The molecular weight excluding hydrogens is 310 g/mol. The second kappa shape index (κ2) is 8.19. The summed E-state index contributed by atoms with van der Waals surface area (Å²) in [6, 6.07) is 11.1. The van der Waals surface area contributed by atoms with Gasteiger partial charge in [0.1, 0.15) is 5.82 Å². The number of nitrogens with zero attached hydrogens (tertiary/aromatic N) is 4. The molecule has 1 aromatic carbocycles. The largest absolute Gasteiger partial charge is 0.351 e. The lowest BCUT2D eigenvalue weighted by molar-refractivity contribution is 0.499. The minimum Gasteiger partial charge on any atom is -0.351 e. The van der Waals surface area contributed by atoms with Gasteiger partial charge in [0.05, 0.1) is 0 Å². The van der Waals surface area contributed by atoms with Crippen molar-refractivity contribution in [3.05, 3.63) is 41.7 Å². The normalized spacial score (nSPS) is 20.5. The summed E-state index contributed by atoms with van der Waals surface area (Å²) in [6.07, 6.45) is 6.47. The summed E-state index contributed by atoms with van der Waals surface area (Å²) in [4.78, 5) is 17.8. The third-order valence-corrected chi connectivity index (χ3v) is 4.72. The predicted molar refractivity (Wildman–Crippen MR) is 103 cm³/mol. The van der Waals surface area contributed by atoms with Crippen LogP contribution in [0, 0.1) is 5.92 Å². The molecule has 1 heterocycles. The van der Waals surface area contributed by atoms with Crippen molar-refractivity contribution >= 4 is 18.1 Å². The van der Waals surface area contributed by atoms with Gasteiger partial charge in [0.25, 0.3) is 5.95 Å². The maximum Gasteiger partial charge on any atom is 0.254 e.